The van der Waals surface area contributed by atoms with Crippen molar-refractivity contribution in [3.63, 3.8) is 0 Å². The maximum absolute atomic E-state index is 13.5. The molecule has 0 saturated heterocycles. The highest BCUT2D eigenvalue weighted by molar-refractivity contribution is 14.1. The van der Waals surface area contributed by atoms with Crippen LogP contribution in [-0.2, 0) is 13.0 Å². The Morgan fingerprint density at radius 3 is 2.67 bits per heavy atom. The number of aromatic nitrogens is 2. The van der Waals surface area contributed by atoms with E-state index >= 15 is 0 Å². The van der Waals surface area contributed by atoms with Gasteiger partial charge in [0.1, 0.15) is 18.0 Å². The summed E-state index contributed by atoms with van der Waals surface area (Å²) in [5.74, 6) is 0.613. The van der Waals surface area contributed by atoms with Crippen LogP contribution in [-0.4, -0.2) is 28.5 Å². The zero-order valence-corrected chi connectivity index (χ0v) is 17.1. The molecule has 1 aromatic heterocycles. The molecule has 0 saturated carbocycles. The fourth-order valence-electron chi connectivity index (χ4n) is 3.44. The Bertz CT molecular complexity index is 945. The van der Waals surface area contributed by atoms with Crippen LogP contribution in [0.1, 0.15) is 28.4 Å². The molecule has 0 amide bonds. The first-order valence-electron chi connectivity index (χ1n) is 8.89. The van der Waals surface area contributed by atoms with Crippen molar-refractivity contribution in [2.45, 2.75) is 19.0 Å². The lowest BCUT2D eigenvalue weighted by molar-refractivity contribution is 0.309. The molecule has 6 heteroatoms. The van der Waals surface area contributed by atoms with Crippen LogP contribution in [0.25, 0.3) is 0 Å². The third kappa shape index (κ3) is 3.96. The molecular weight excluding hydrogens is 454 g/mol. The zero-order chi connectivity index (χ0) is 18.8. The van der Waals surface area contributed by atoms with Crippen molar-refractivity contribution in [1.29, 1.82) is 0 Å². The van der Waals surface area contributed by atoms with E-state index < -0.39 is 0 Å². The molecule has 0 radical (unpaired) electrons. The van der Waals surface area contributed by atoms with Gasteiger partial charge in [-0.15, -0.1) is 0 Å². The van der Waals surface area contributed by atoms with Crippen LogP contribution in [0.5, 0.6) is 0 Å². The number of hydrogen-bond acceptors (Lipinski definition) is 4. The third-order valence-corrected chi connectivity index (χ3v) is 5.88. The number of likely N-dealkylation sites (N-methyl/N-ethyl adjacent to an activating group) is 1. The summed E-state index contributed by atoms with van der Waals surface area (Å²) in [5, 5.41) is 3.62. The highest BCUT2D eigenvalue weighted by Gasteiger charge is 2.23. The van der Waals surface area contributed by atoms with Gasteiger partial charge in [-0.1, -0.05) is 30.3 Å². The molecule has 0 aliphatic carbocycles. The summed E-state index contributed by atoms with van der Waals surface area (Å²) in [7, 11) is 2.11. The maximum Gasteiger partial charge on any atom is 0.134 e. The Labute approximate surface area is 172 Å². The molecule has 2 aromatic carbocycles. The van der Waals surface area contributed by atoms with Crippen LogP contribution in [0.4, 0.5) is 10.2 Å². The summed E-state index contributed by atoms with van der Waals surface area (Å²) in [6.45, 7) is 1.82. The molecule has 27 heavy (non-hydrogen) atoms. The lowest BCUT2D eigenvalue weighted by atomic mass is 9.98. The number of hydrogen-bond donors (Lipinski definition) is 1. The second kappa shape index (κ2) is 7.90. The standard InChI is InChI=1S/C21H20FIN4/c1-27-11-10-19-17(12-27)21(25-13-24-19)26-20(14-6-8-15(22)9-7-14)16-4-2-3-5-18(16)23/h2-9,13,20H,10-12H2,1H3,(H,24,25,26). The van der Waals surface area contributed by atoms with Crippen molar-refractivity contribution in [2.24, 2.45) is 0 Å². The van der Waals surface area contributed by atoms with Gasteiger partial charge in [0.25, 0.3) is 0 Å². The average molecular weight is 474 g/mol. The fourth-order valence-corrected chi connectivity index (χ4v) is 4.14. The summed E-state index contributed by atoms with van der Waals surface area (Å²) >= 11 is 2.34. The molecule has 1 N–H and O–H groups in total. The average Bonchev–Trinajstić information content (AvgIpc) is 2.68. The lowest BCUT2D eigenvalue weighted by Gasteiger charge is -2.28. The summed E-state index contributed by atoms with van der Waals surface area (Å²) in [5.41, 5.74) is 4.38. The van der Waals surface area contributed by atoms with Gasteiger partial charge in [-0.2, -0.15) is 0 Å². The SMILES string of the molecule is CN1CCc2ncnc(NC(c3ccc(F)cc3)c3ccccc3I)c2C1. The first kappa shape index (κ1) is 18.3. The van der Waals surface area contributed by atoms with E-state index in [2.05, 4.69) is 62.0 Å². The summed E-state index contributed by atoms with van der Waals surface area (Å²) < 4.78 is 14.6. The van der Waals surface area contributed by atoms with Crippen molar-refractivity contribution < 1.29 is 4.39 Å². The summed E-state index contributed by atoms with van der Waals surface area (Å²) in [6.07, 6.45) is 2.55. The highest BCUT2D eigenvalue weighted by Crippen LogP contribution is 2.32. The van der Waals surface area contributed by atoms with Gasteiger partial charge >= 0.3 is 0 Å². The Morgan fingerprint density at radius 2 is 1.89 bits per heavy atom. The van der Waals surface area contributed by atoms with Crippen molar-refractivity contribution in [3.05, 3.63) is 86.6 Å². The molecule has 3 aromatic rings. The van der Waals surface area contributed by atoms with E-state index in [4.69, 9.17) is 0 Å². The van der Waals surface area contributed by atoms with Crippen LogP contribution >= 0.6 is 22.6 Å². The molecule has 0 bridgehead atoms. The van der Waals surface area contributed by atoms with Crippen LogP contribution in [0, 0.1) is 9.39 Å². The molecule has 1 aliphatic rings. The highest BCUT2D eigenvalue weighted by atomic mass is 127. The van der Waals surface area contributed by atoms with Gasteiger partial charge in [0.15, 0.2) is 0 Å². The van der Waals surface area contributed by atoms with E-state index in [9.17, 15) is 4.39 Å². The molecule has 1 unspecified atom stereocenters. The van der Waals surface area contributed by atoms with Gasteiger partial charge in [-0.3, -0.25) is 0 Å². The van der Waals surface area contributed by atoms with Gasteiger partial charge in [0.2, 0.25) is 0 Å². The van der Waals surface area contributed by atoms with E-state index in [1.807, 2.05) is 24.3 Å². The molecular formula is C21H20FIN4. The number of fused-ring (bicyclic) bond motifs is 1. The lowest BCUT2D eigenvalue weighted by Crippen LogP contribution is -2.29. The van der Waals surface area contributed by atoms with Crippen LogP contribution in [0.2, 0.25) is 0 Å². The van der Waals surface area contributed by atoms with Gasteiger partial charge in [0.05, 0.1) is 11.7 Å². The minimum absolute atomic E-state index is 0.120. The quantitative estimate of drug-likeness (QED) is 0.569. The number of benzene rings is 2. The van der Waals surface area contributed by atoms with Crippen molar-refractivity contribution in [3.8, 4) is 0 Å². The Morgan fingerprint density at radius 1 is 1.11 bits per heavy atom. The van der Waals surface area contributed by atoms with Crippen LogP contribution in [0.3, 0.4) is 0 Å². The Kier molecular flexibility index (Phi) is 5.36. The molecule has 138 valence electrons. The van der Waals surface area contributed by atoms with E-state index in [0.717, 1.165) is 51.3 Å². The van der Waals surface area contributed by atoms with Crippen molar-refractivity contribution >= 4 is 28.4 Å². The minimum atomic E-state index is -0.235. The van der Waals surface area contributed by atoms with E-state index in [0.29, 0.717) is 0 Å². The van der Waals surface area contributed by atoms with Gasteiger partial charge < -0.3 is 10.2 Å². The van der Waals surface area contributed by atoms with Crippen LogP contribution in [0.15, 0.2) is 54.9 Å². The van der Waals surface area contributed by atoms with Gasteiger partial charge in [-0.05, 0) is 59.0 Å². The van der Waals surface area contributed by atoms with E-state index in [-0.39, 0.29) is 11.9 Å². The number of halogens is 2. The van der Waals surface area contributed by atoms with Crippen molar-refractivity contribution in [1.82, 2.24) is 14.9 Å². The second-order valence-electron chi connectivity index (χ2n) is 6.79. The summed E-state index contributed by atoms with van der Waals surface area (Å²) in [6, 6.07) is 14.8. The van der Waals surface area contributed by atoms with Crippen LogP contribution < -0.4 is 5.32 Å². The smallest absolute Gasteiger partial charge is 0.134 e. The molecule has 2 heterocycles. The maximum atomic E-state index is 13.5. The normalized spacial score (nSPS) is 15.2. The van der Waals surface area contributed by atoms with Gasteiger partial charge in [-0.25, -0.2) is 14.4 Å². The largest absolute Gasteiger partial charge is 0.359 e. The summed E-state index contributed by atoms with van der Waals surface area (Å²) in [4.78, 5) is 11.3. The number of nitrogens with zero attached hydrogens (tertiary/aromatic N) is 3. The molecule has 1 aliphatic heterocycles. The van der Waals surface area contributed by atoms with Crippen molar-refractivity contribution in [2.75, 3.05) is 18.9 Å². The monoisotopic (exact) mass is 474 g/mol. The molecule has 4 rings (SSSR count). The second-order valence-corrected chi connectivity index (χ2v) is 7.95. The fraction of sp³-hybridized carbons (Fsp3) is 0.238. The molecule has 0 spiro atoms. The Hall–Kier alpha value is -2.06. The molecule has 1 atom stereocenters. The first-order chi connectivity index (χ1) is 13.1. The molecule has 0 fully saturated rings. The van der Waals surface area contributed by atoms with E-state index in [1.165, 1.54) is 12.1 Å². The predicted octanol–water partition coefficient (Wildman–Crippen LogP) is 4.41. The topological polar surface area (TPSA) is 41.1 Å². The minimum Gasteiger partial charge on any atom is -0.359 e. The Balaban J connectivity index is 1.77. The van der Waals surface area contributed by atoms with E-state index in [1.54, 1.807) is 6.33 Å². The first-order valence-corrected chi connectivity index (χ1v) is 9.97. The molecule has 4 nitrogen and oxygen atoms in total. The number of nitrogens with one attached hydrogen (secondary N) is 1. The zero-order valence-electron chi connectivity index (χ0n) is 15.0. The third-order valence-electron chi connectivity index (χ3n) is 4.89. The number of anilines is 1. The van der Waals surface area contributed by atoms with Gasteiger partial charge in [0, 0.05) is 28.6 Å². The predicted molar refractivity (Wildman–Crippen MR) is 113 cm³/mol. The number of rotatable bonds is 4.